The van der Waals surface area contributed by atoms with Crippen molar-refractivity contribution in [2.45, 2.75) is 20.0 Å². The summed E-state index contributed by atoms with van der Waals surface area (Å²) in [4.78, 5) is 0. The second-order valence-corrected chi connectivity index (χ2v) is 2.84. The van der Waals surface area contributed by atoms with E-state index in [0.717, 1.165) is 6.54 Å². The van der Waals surface area contributed by atoms with Crippen molar-refractivity contribution >= 4 is 17.4 Å². The van der Waals surface area contributed by atoms with Gasteiger partial charge < -0.3 is 10.1 Å². The van der Waals surface area contributed by atoms with E-state index in [0.29, 0.717) is 11.1 Å². The fourth-order valence-corrected chi connectivity index (χ4v) is 0.972. The lowest BCUT2D eigenvalue weighted by Gasteiger charge is -2.27. The van der Waals surface area contributed by atoms with E-state index < -0.39 is 0 Å². The first-order valence-corrected chi connectivity index (χ1v) is 3.55. The normalized spacial score (nSPS) is 35.1. The van der Waals surface area contributed by atoms with Crippen LogP contribution in [0.25, 0.3) is 0 Å². The molecular weight excluding hydrogens is 134 g/mol. The molecule has 52 valence electrons. The van der Waals surface area contributed by atoms with Crippen molar-refractivity contribution in [1.82, 2.24) is 5.32 Å². The number of ether oxygens (including phenoxy) is 1. The van der Waals surface area contributed by atoms with E-state index in [9.17, 15) is 0 Å². The van der Waals surface area contributed by atoms with Gasteiger partial charge in [0.05, 0.1) is 0 Å². The summed E-state index contributed by atoms with van der Waals surface area (Å²) in [5, 5.41) is 3.51. The first kappa shape index (κ1) is 6.81. The van der Waals surface area contributed by atoms with Gasteiger partial charge in [0, 0.05) is 12.5 Å². The van der Waals surface area contributed by atoms with E-state index in [1.54, 1.807) is 0 Å². The van der Waals surface area contributed by atoms with Gasteiger partial charge in [-0.25, -0.2) is 0 Å². The van der Waals surface area contributed by atoms with Crippen LogP contribution in [-0.2, 0) is 4.74 Å². The van der Waals surface area contributed by atoms with Crippen LogP contribution in [0.15, 0.2) is 0 Å². The third-order valence-corrected chi connectivity index (χ3v) is 1.90. The standard InChI is InChI=1S/C6H11NOS/c1-4-3-7-6(9)8-5(4)2/h4-5H,3H2,1-2H3,(H,7,9)/t4-,5+/m1/s1. The molecule has 0 aromatic rings. The van der Waals surface area contributed by atoms with E-state index in [2.05, 4.69) is 12.2 Å². The molecule has 0 bridgehead atoms. The minimum absolute atomic E-state index is 0.277. The van der Waals surface area contributed by atoms with Crippen LogP contribution in [0.3, 0.4) is 0 Å². The van der Waals surface area contributed by atoms with Crippen molar-refractivity contribution in [3.05, 3.63) is 0 Å². The topological polar surface area (TPSA) is 21.3 Å². The molecule has 0 amide bonds. The maximum Gasteiger partial charge on any atom is 0.256 e. The lowest BCUT2D eigenvalue weighted by atomic mass is 10.1. The van der Waals surface area contributed by atoms with Gasteiger partial charge in [0.15, 0.2) is 0 Å². The van der Waals surface area contributed by atoms with Gasteiger partial charge in [-0.05, 0) is 19.1 Å². The van der Waals surface area contributed by atoms with Crippen LogP contribution in [0.1, 0.15) is 13.8 Å². The maximum absolute atomic E-state index is 5.22. The Kier molecular flexibility index (Phi) is 1.90. The molecule has 3 heteroatoms. The zero-order valence-corrected chi connectivity index (χ0v) is 6.49. The summed E-state index contributed by atoms with van der Waals surface area (Å²) < 4.78 is 5.22. The van der Waals surface area contributed by atoms with Crippen LogP contribution in [0, 0.1) is 5.92 Å². The zero-order chi connectivity index (χ0) is 6.85. The summed E-state index contributed by atoms with van der Waals surface area (Å²) in [7, 11) is 0. The predicted molar refractivity (Wildman–Crippen MR) is 40.3 cm³/mol. The molecule has 1 fully saturated rings. The fraction of sp³-hybridized carbons (Fsp3) is 0.833. The van der Waals surface area contributed by atoms with Crippen LogP contribution in [0.5, 0.6) is 0 Å². The Morgan fingerprint density at radius 3 is 2.78 bits per heavy atom. The van der Waals surface area contributed by atoms with Gasteiger partial charge in [0.1, 0.15) is 6.10 Å². The molecule has 0 aromatic carbocycles. The van der Waals surface area contributed by atoms with E-state index >= 15 is 0 Å². The fourth-order valence-electron chi connectivity index (χ4n) is 0.737. The smallest absolute Gasteiger partial charge is 0.256 e. The van der Waals surface area contributed by atoms with Gasteiger partial charge in [-0.1, -0.05) is 6.92 Å². The number of nitrogens with one attached hydrogen (secondary N) is 1. The van der Waals surface area contributed by atoms with E-state index in [-0.39, 0.29) is 6.10 Å². The highest BCUT2D eigenvalue weighted by Crippen LogP contribution is 2.09. The van der Waals surface area contributed by atoms with Crippen molar-refractivity contribution in [3.63, 3.8) is 0 Å². The highest BCUT2D eigenvalue weighted by Gasteiger charge is 2.19. The minimum atomic E-state index is 0.277. The molecule has 1 aliphatic heterocycles. The molecular formula is C6H11NOS. The second kappa shape index (κ2) is 2.52. The first-order chi connectivity index (χ1) is 4.20. The van der Waals surface area contributed by atoms with Gasteiger partial charge in [0.25, 0.3) is 5.17 Å². The molecule has 0 spiro atoms. The monoisotopic (exact) mass is 145 g/mol. The Labute approximate surface area is 60.6 Å². The zero-order valence-electron chi connectivity index (χ0n) is 5.68. The number of rotatable bonds is 0. The van der Waals surface area contributed by atoms with Crippen molar-refractivity contribution in [3.8, 4) is 0 Å². The average molecular weight is 145 g/mol. The largest absolute Gasteiger partial charge is 0.468 e. The lowest BCUT2D eigenvalue weighted by Crippen LogP contribution is -2.42. The number of hydrogen-bond acceptors (Lipinski definition) is 2. The molecule has 1 heterocycles. The number of thiocarbonyl (C=S) groups is 1. The van der Waals surface area contributed by atoms with Crippen LogP contribution in [0.4, 0.5) is 0 Å². The summed E-state index contributed by atoms with van der Waals surface area (Å²) in [5.41, 5.74) is 0. The molecule has 1 rings (SSSR count). The Bertz CT molecular complexity index is 126. The van der Waals surface area contributed by atoms with Crippen LogP contribution in [-0.4, -0.2) is 17.8 Å². The van der Waals surface area contributed by atoms with Crippen molar-refractivity contribution in [2.24, 2.45) is 5.92 Å². The van der Waals surface area contributed by atoms with Crippen molar-refractivity contribution in [1.29, 1.82) is 0 Å². The quantitative estimate of drug-likeness (QED) is 0.512. The molecule has 1 saturated heterocycles. The van der Waals surface area contributed by atoms with Gasteiger partial charge in [-0.2, -0.15) is 0 Å². The van der Waals surface area contributed by atoms with Crippen LogP contribution in [0.2, 0.25) is 0 Å². The van der Waals surface area contributed by atoms with E-state index in [1.165, 1.54) is 0 Å². The third kappa shape index (κ3) is 1.55. The van der Waals surface area contributed by atoms with E-state index in [4.69, 9.17) is 17.0 Å². The molecule has 0 unspecified atom stereocenters. The minimum Gasteiger partial charge on any atom is -0.468 e. The summed E-state index contributed by atoms with van der Waals surface area (Å²) in [6.07, 6.45) is 0.277. The lowest BCUT2D eigenvalue weighted by molar-refractivity contribution is 0.121. The van der Waals surface area contributed by atoms with Crippen LogP contribution >= 0.6 is 12.2 Å². The number of hydrogen-bond donors (Lipinski definition) is 1. The molecule has 0 aromatic heterocycles. The summed E-state index contributed by atoms with van der Waals surface area (Å²) >= 11 is 4.80. The SMILES string of the molecule is C[C@@H]1CNC(=S)O[C@H]1C. The summed E-state index contributed by atoms with van der Waals surface area (Å²) in [6, 6.07) is 0. The molecule has 0 radical (unpaired) electrons. The first-order valence-electron chi connectivity index (χ1n) is 3.14. The van der Waals surface area contributed by atoms with Crippen LogP contribution < -0.4 is 5.32 Å². The average Bonchev–Trinajstić information content (AvgIpc) is 1.80. The van der Waals surface area contributed by atoms with Crippen molar-refractivity contribution < 1.29 is 4.74 Å². The maximum atomic E-state index is 5.22. The molecule has 2 nitrogen and oxygen atoms in total. The Morgan fingerprint density at radius 2 is 2.33 bits per heavy atom. The van der Waals surface area contributed by atoms with Crippen molar-refractivity contribution in [2.75, 3.05) is 6.54 Å². The summed E-state index contributed by atoms with van der Waals surface area (Å²) in [6.45, 7) is 5.12. The molecule has 1 N–H and O–H groups in total. The van der Waals surface area contributed by atoms with Gasteiger partial charge in [-0.3, -0.25) is 0 Å². The van der Waals surface area contributed by atoms with Gasteiger partial charge in [-0.15, -0.1) is 0 Å². The van der Waals surface area contributed by atoms with Gasteiger partial charge in [0.2, 0.25) is 0 Å². The van der Waals surface area contributed by atoms with Gasteiger partial charge >= 0.3 is 0 Å². The second-order valence-electron chi connectivity index (χ2n) is 2.47. The Hall–Kier alpha value is -0.310. The Balaban J connectivity index is 2.44. The molecule has 1 aliphatic rings. The highest BCUT2D eigenvalue weighted by molar-refractivity contribution is 7.80. The molecule has 9 heavy (non-hydrogen) atoms. The molecule has 2 atom stereocenters. The molecule has 0 saturated carbocycles. The predicted octanol–water partition coefficient (Wildman–Crippen LogP) is 0.916. The van der Waals surface area contributed by atoms with E-state index in [1.807, 2.05) is 6.92 Å². The third-order valence-electron chi connectivity index (χ3n) is 1.66. The molecule has 0 aliphatic carbocycles. The highest BCUT2D eigenvalue weighted by atomic mass is 32.1. The summed E-state index contributed by atoms with van der Waals surface area (Å²) in [5.74, 6) is 0.566. The Morgan fingerprint density at radius 1 is 1.67 bits per heavy atom.